The van der Waals surface area contributed by atoms with Crippen molar-refractivity contribution in [2.24, 2.45) is 0 Å². The maximum absolute atomic E-state index is 4.58. The molecule has 2 aliphatic rings. The van der Waals surface area contributed by atoms with Crippen LogP contribution in [0.15, 0.2) is 12.4 Å². The first-order chi connectivity index (χ1) is 8.43. The highest BCUT2D eigenvalue weighted by Crippen LogP contribution is 2.25. The Morgan fingerprint density at radius 3 is 2.76 bits per heavy atom. The monoisotopic (exact) mass is 234 g/mol. The van der Waals surface area contributed by atoms with E-state index in [1.807, 2.05) is 0 Å². The second-order valence-electron chi connectivity index (χ2n) is 5.28. The van der Waals surface area contributed by atoms with Crippen LogP contribution in [0.25, 0.3) is 0 Å². The summed E-state index contributed by atoms with van der Waals surface area (Å²) >= 11 is 0. The summed E-state index contributed by atoms with van der Waals surface area (Å²) in [4.78, 5) is 0. The van der Waals surface area contributed by atoms with Crippen molar-refractivity contribution in [3.63, 3.8) is 0 Å². The normalized spacial score (nSPS) is 27.2. The number of rotatable bonds is 2. The summed E-state index contributed by atoms with van der Waals surface area (Å²) in [5.74, 6) is 0.680. The number of hydrogen-bond donors (Lipinski definition) is 2. The van der Waals surface area contributed by atoms with E-state index in [4.69, 9.17) is 0 Å². The Morgan fingerprint density at radius 1 is 1.12 bits per heavy atom. The first-order valence-corrected chi connectivity index (χ1v) is 6.89. The third kappa shape index (κ3) is 2.53. The van der Waals surface area contributed by atoms with E-state index in [0.717, 1.165) is 19.6 Å². The van der Waals surface area contributed by atoms with Gasteiger partial charge in [0.2, 0.25) is 0 Å². The van der Waals surface area contributed by atoms with E-state index >= 15 is 0 Å². The molecule has 2 saturated heterocycles. The quantitative estimate of drug-likeness (QED) is 0.810. The highest BCUT2D eigenvalue weighted by atomic mass is 15.3. The molecule has 0 radical (unpaired) electrons. The molecule has 2 N–H and O–H groups in total. The van der Waals surface area contributed by atoms with Crippen LogP contribution >= 0.6 is 0 Å². The molecule has 1 aromatic rings. The third-order valence-electron chi connectivity index (χ3n) is 4.07. The molecule has 0 aliphatic carbocycles. The number of hydrogen-bond acceptors (Lipinski definition) is 3. The zero-order valence-corrected chi connectivity index (χ0v) is 10.4. The topological polar surface area (TPSA) is 41.9 Å². The third-order valence-corrected chi connectivity index (χ3v) is 4.07. The average Bonchev–Trinajstić information content (AvgIpc) is 2.90. The van der Waals surface area contributed by atoms with Crippen molar-refractivity contribution >= 4 is 0 Å². The molecule has 4 nitrogen and oxygen atoms in total. The molecule has 2 aliphatic heterocycles. The second kappa shape index (κ2) is 5.19. The number of piperidine rings is 2. The summed E-state index contributed by atoms with van der Waals surface area (Å²) in [6, 6.07) is 0.613. The van der Waals surface area contributed by atoms with Gasteiger partial charge in [0.1, 0.15) is 0 Å². The lowest BCUT2D eigenvalue weighted by Crippen LogP contribution is -2.29. The molecule has 0 amide bonds. The van der Waals surface area contributed by atoms with Crippen molar-refractivity contribution in [1.82, 2.24) is 20.4 Å². The molecular formula is C13H22N4. The van der Waals surface area contributed by atoms with E-state index in [-0.39, 0.29) is 0 Å². The molecule has 17 heavy (non-hydrogen) atoms. The Labute approximate surface area is 103 Å². The van der Waals surface area contributed by atoms with Crippen LogP contribution in [0.3, 0.4) is 0 Å². The van der Waals surface area contributed by atoms with Gasteiger partial charge < -0.3 is 10.6 Å². The first kappa shape index (κ1) is 11.2. The predicted octanol–water partition coefficient (Wildman–Crippen LogP) is 1.27. The lowest BCUT2D eigenvalue weighted by molar-refractivity contribution is 0.342. The molecule has 94 valence electrons. The molecular weight excluding hydrogens is 212 g/mol. The van der Waals surface area contributed by atoms with Gasteiger partial charge in [-0.15, -0.1) is 0 Å². The molecule has 0 bridgehead atoms. The maximum Gasteiger partial charge on any atom is 0.0543 e. The number of nitrogens with one attached hydrogen (secondary N) is 2. The Morgan fingerprint density at radius 2 is 2.00 bits per heavy atom. The van der Waals surface area contributed by atoms with E-state index in [1.165, 1.54) is 37.8 Å². The van der Waals surface area contributed by atoms with Crippen molar-refractivity contribution in [3.8, 4) is 0 Å². The number of nitrogens with zero attached hydrogens (tertiary/aromatic N) is 2. The largest absolute Gasteiger partial charge is 0.317 e. The van der Waals surface area contributed by atoms with E-state index in [2.05, 4.69) is 32.8 Å². The zero-order valence-electron chi connectivity index (χ0n) is 10.4. The number of aromatic nitrogens is 2. The van der Waals surface area contributed by atoms with Gasteiger partial charge in [0.05, 0.1) is 12.2 Å². The van der Waals surface area contributed by atoms with Crippen molar-refractivity contribution in [3.05, 3.63) is 18.0 Å². The summed E-state index contributed by atoms with van der Waals surface area (Å²) in [6.07, 6.45) is 9.40. The van der Waals surface area contributed by atoms with Gasteiger partial charge in [-0.25, -0.2) is 0 Å². The lowest BCUT2D eigenvalue weighted by Gasteiger charge is -2.23. The Bertz CT molecular complexity index is 316. The van der Waals surface area contributed by atoms with Crippen LogP contribution in [0.1, 0.15) is 43.2 Å². The summed E-state index contributed by atoms with van der Waals surface area (Å²) < 4.78 is 2.20. The lowest BCUT2D eigenvalue weighted by atomic mass is 9.94. The van der Waals surface area contributed by atoms with Crippen molar-refractivity contribution in [2.45, 2.75) is 37.6 Å². The van der Waals surface area contributed by atoms with E-state index in [0.29, 0.717) is 12.0 Å². The summed E-state index contributed by atoms with van der Waals surface area (Å²) in [5.41, 5.74) is 1.43. The van der Waals surface area contributed by atoms with Crippen LogP contribution in [0.5, 0.6) is 0 Å². The van der Waals surface area contributed by atoms with E-state index < -0.39 is 0 Å². The molecule has 4 heteroatoms. The minimum absolute atomic E-state index is 0.613. The van der Waals surface area contributed by atoms with Gasteiger partial charge in [0.25, 0.3) is 0 Å². The maximum atomic E-state index is 4.58. The van der Waals surface area contributed by atoms with Gasteiger partial charge in [-0.2, -0.15) is 5.10 Å². The Balaban J connectivity index is 1.68. The molecule has 1 aromatic heterocycles. The van der Waals surface area contributed by atoms with E-state index in [1.54, 1.807) is 0 Å². The van der Waals surface area contributed by atoms with Crippen molar-refractivity contribution in [1.29, 1.82) is 0 Å². The van der Waals surface area contributed by atoms with Gasteiger partial charge in [-0.3, -0.25) is 4.68 Å². The molecule has 3 heterocycles. The van der Waals surface area contributed by atoms with Gasteiger partial charge in [0.15, 0.2) is 0 Å². The van der Waals surface area contributed by atoms with Gasteiger partial charge >= 0.3 is 0 Å². The molecule has 1 atom stereocenters. The standard InChI is InChI=1S/C13H22N4/c1-2-11(8-15-5-1)12-9-16-17(10-12)13-3-6-14-7-4-13/h9-11,13-15H,1-8H2. The Hall–Kier alpha value is -0.870. The first-order valence-electron chi connectivity index (χ1n) is 6.89. The van der Waals surface area contributed by atoms with Crippen molar-refractivity contribution in [2.75, 3.05) is 26.2 Å². The van der Waals surface area contributed by atoms with Gasteiger partial charge in [-0.1, -0.05) is 0 Å². The zero-order chi connectivity index (χ0) is 11.5. The molecule has 0 spiro atoms. The fourth-order valence-corrected chi connectivity index (χ4v) is 2.97. The average molecular weight is 234 g/mol. The molecule has 3 rings (SSSR count). The highest BCUT2D eigenvalue weighted by molar-refractivity contribution is 5.13. The van der Waals surface area contributed by atoms with Gasteiger partial charge in [-0.05, 0) is 56.8 Å². The molecule has 1 unspecified atom stereocenters. The fourth-order valence-electron chi connectivity index (χ4n) is 2.97. The fraction of sp³-hybridized carbons (Fsp3) is 0.769. The van der Waals surface area contributed by atoms with Crippen LogP contribution < -0.4 is 10.6 Å². The second-order valence-corrected chi connectivity index (χ2v) is 5.28. The molecule has 2 fully saturated rings. The molecule has 0 saturated carbocycles. The van der Waals surface area contributed by atoms with Crippen LogP contribution in [0, 0.1) is 0 Å². The summed E-state index contributed by atoms with van der Waals surface area (Å²) in [7, 11) is 0. The predicted molar refractivity (Wildman–Crippen MR) is 68.2 cm³/mol. The van der Waals surface area contributed by atoms with Crippen LogP contribution in [0.4, 0.5) is 0 Å². The van der Waals surface area contributed by atoms with Crippen molar-refractivity contribution < 1.29 is 0 Å². The minimum Gasteiger partial charge on any atom is -0.317 e. The van der Waals surface area contributed by atoms with Crippen LogP contribution in [-0.2, 0) is 0 Å². The van der Waals surface area contributed by atoms with Gasteiger partial charge in [0, 0.05) is 12.7 Å². The van der Waals surface area contributed by atoms with Crippen LogP contribution in [-0.4, -0.2) is 36.0 Å². The summed E-state index contributed by atoms with van der Waals surface area (Å²) in [6.45, 7) is 4.56. The van der Waals surface area contributed by atoms with Crippen LogP contribution in [0.2, 0.25) is 0 Å². The van der Waals surface area contributed by atoms with E-state index in [9.17, 15) is 0 Å². The Kier molecular flexibility index (Phi) is 3.43. The summed E-state index contributed by atoms with van der Waals surface area (Å²) in [5, 5.41) is 11.5. The molecule has 0 aromatic carbocycles. The smallest absolute Gasteiger partial charge is 0.0543 e. The minimum atomic E-state index is 0.613. The SMILES string of the molecule is c1nn(C2CCNCC2)cc1C1CCCNC1. The highest BCUT2D eigenvalue weighted by Gasteiger charge is 2.20.